The Kier molecular flexibility index (Phi) is 4.58. The second kappa shape index (κ2) is 6.63. The molecule has 4 heteroatoms. The lowest BCUT2D eigenvalue weighted by Crippen LogP contribution is -2.43. The van der Waals surface area contributed by atoms with Gasteiger partial charge in [-0.3, -0.25) is 4.79 Å². The molecule has 0 saturated heterocycles. The molecule has 1 aliphatic heterocycles. The van der Waals surface area contributed by atoms with E-state index in [2.05, 4.69) is 6.07 Å². The van der Waals surface area contributed by atoms with Gasteiger partial charge in [-0.25, -0.2) is 0 Å². The number of rotatable bonds is 3. The van der Waals surface area contributed by atoms with Crippen molar-refractivity contribution in [3.05, 3.63) is 58.6 Å². The highest BCUT2D eigenvalue weighted by Crippen LogP contribution is 2.28. The number of para-hydroxylation sites is 1. The van der Waals surface area contributed by atoms with Gasteiger partial charge >= 0.3 is 0 Å². The summed E-state index contributed by atoms with van der Waals surface area (Å²) in [5, 5.41) is 0.666. The van der Waals surface area contributed by atoms with Gasteiger partial charge in [-0.05, 0) is 62.1 Å². The van der Waals surface area contributed by atoms with Gasteiger partial charge in [-0.15, -0.1) is 0 Å². The molecule has 0 N–H and O–H groups in total. The fraction of sp³-hybridized carbons (Fsp3) is 0.316. The first-order valence-electron chi connectivity index (χ1n) is 7.88. The van der Waals surface area contributed by atoms with E-state index in [1.54, 1.807) is 13.0 Å². The molecule has 0 saturated carbocycles. The third-order valence-electron chi connectivity index (χ3n) is 4.16. The van der Waals surface area contributed by atoms with Gasteiger partial charge in [0.15, 0.2) is 6.10 Å². The van der Waals surface area contributed by atoms with E-state index in [0.717, 1.165) is 30.6 Å². The largest absolute Gasteiger partial charge is 0.481 e. The highest BCUT2D eigenvalue weighted by molar-refractivity contribution is 6.30. The molecule has 1 aliphatic rings. The molecule has 0 aliphatic carbocycles. The fourth-order valence-corrected chi connectivity index (χ4v) is 3.19. The predicted octanol–water partition coefficient (Wildman–Crippen LogP) is 4.40. The van der Waals surface area contributed by atoms with Gasteiger partial charge in [0.1, 0.15) is 5.75 Å². The summed E-state index contributed by atoms with van der Waals surface area (Å²) < 4.78 is 5.88. The number of benzene rings is 2. The van der Waals surface area contributed by atoms with Gasteiger partial charge in [0, 0.05) is 17.3 Å². The zero-order valence-corrected chi connectivity index (χ0v) is 14.1. The van der Waals surface area contributed by atoms with Crippen LogP contribution in [0, 0.1) is 6.92 Å². The molecule has 0 radical (unpaired) electrons. The molecule has 120 valence electrons. The van der Waals surface area contributed by atoms with Crippen LogP contribution in [0.25, 0.3) is 0 Å². The maximum Gasteiger partial charge on any atom is 0.267 e. The summed E-state index contributed by atoms with van der Waals surface area (Å²) in [6, 6.07) is 13.5. The van der Waals surface area contributed by atoms with Gasteiger partial charge in [0.25, 0.3) is 5.91 Å². The van der Waals surface area contributed by atoms with Crippen molar-refractivity contribution in [2.45, 2.75) is 32.8 Å². The average molecular weight is 330 g/mol. The van der Waals surface area contributed by atoms with Crippen molar-refractivity contribution in [3.63, 3.8) is 0 Å². The van der Waals surface area contributed by atoms with Gasteiger partial charge in [0.05, 0.1) is 0 Å². The van der Waals surface area contributed by atoms with E-state index in [1.165, 1.54) is 5.56 Å². The summed E-state index contributed by atoms with van der Waals surface area (Å²) in [4.78, 5) is 14.7. The van der Waals surface area contributed by atoms with Gasteiger partial charge < -0.3 is 9.64 Å². The minimum atomic E-state index is -0.541. The maximum absolute atomic E-state index is 12.8. The van der Waals surface area contributed by atoms with Crippen molar-refractivity contribution in [1.29, 1.82) is 0 Å². The molecule has 0 aromatic heterocycles. The van der Waals surface area contributed by atoms with E-state index < -0.39 is 6.10 Å². The van der Waals surface area contributed by atoms with Crippen LogP contribution in [0.3, 0.4) is 0 Å². The Morgan fingerprint density at radius 3 is 2.83 bits per heavy atom. The summed E-state index contributed by atoms with van der Waals surface area (Å²) in [5.41, 5.74) is 3.16. The second-order valence-electron chi connectivity index (χ2n) is 5.89. The Morgan fingerprint density at radius 1 is 1.26 bits per heavy atom. The van der Waals surface area contributed by atoms with Crippen molar-refractivity contribution in [1.82, 2.24) is 0 Å². The Hall–Kier alpha value is -2.00. The summed E-state index contributed by atoms with van der Waals surface area (Å²) in [7, 11) is 0. The molecule has 1 unspecified atom stereocenters. The highest BCUT2D eigenvalue weighted by Gasteiger charge is 2.27. The fourth-order valence-electron chi connectivity index (χ4n) is 2.97. The van der Waals surface area contributed by atoms with Crippen LogP contribution in [-0.2, 0) is 11.2 Å². The number of fused-ring (bicyclic) bond motifs is 1. The number of anilines is 1. The first kappa shape index (κ1) is 15.9. The first-order valence-corrected chi connectivity index (χ1v) is 8.26. The first-order chi connectivity index (χ1) is 11.1. The molecule has 1 amide bonds. The van der Waals surface area contributed by atoms with E-state index in [9.17, 15) is 4.79 Å². The van der Waals surface area contributed by atoms with Gasteiger partial charge in [-0.1, -0.05) is 29.8 Å². The van der Waals surface area contributed by atoms with Gasteiger partial charge in [-0.2, -0.15) is 0 Å². The number of carbonyl (C=O) groups excluding carboxylic acids is 1. The van der Waals surface area contributed by atoms with Crippen LogP contribution < -0.4 is 9.64 Å². The van der Waals surface area contributed by atoms with Crippen molar-refractivity contribution in [2.75, 3.05) is 11.4 Å². The molecule has 2 aromatic rings. The molecule has 23 heavy (non-hydrogen) atoms. The second-order valence-corrected chi connectivity index (χ2v) is 6.33. The minimum Gasteiger partial charge on any atom is -0.481 e. The number of aryl methyl sites for hydroxylation is 2. The molecule has 0 spiro atoms. The highest BCUT2D eigenvalue weighted by atomic mass is 35.5. The van der Waals surface area contributed by atoms with Crippen LogP contribution in [0.5, 0.6) is 5.75 Å². The maximum atomic E-state index is 12.8. The molecule has 0 fully saturated rings. The Bertz CT molecular complexity index is 729. The van der Waals surface area contributed by atoms with Crippen molar-refractivity contribution < 1.29 is 9.53 Å². The van der Waals surface area contributed by atoms with Crippen LogP contribution in [0.2, 0.25) is 5.02 Å². The standard InChI is InChI=1S/C19H20ClNO2/c1-13-12-16(20)9-10-18(13)23-14(2)19(22)21-11-5-7-15-6-3-4-8-17(15)21/h3-4,6,8-10,12,14H,5,7,11H2,1-2H3. The number of nitrogens with zero attached hydrogens (tertiary/aromatic N) is 1. The van der Waals surface area contributed by atoms with E-state index in [-0.39, 0.29) is 5.91 Å². The quantitative estimate of drug-likeness (QED) is 0.835. The number of amides is 1. The van der Waals surface area contributed by atoms with Crippen molar-refractivity contribution in [3.8, 4) is 5.75 Å². The normalized spacial score (nSPS) is 15.0. The minimum absolute atomic E-state index is 0.00787. The molecule has 1 atom stereocenters. The van der Waals surface area contributed by atoms with Crippen LogP contribution >= 0.6 is 11.6 Å². The van der Waals surface area contributed by atoms with Crippen LogP contribution in [0.4, 0.5) is 5.69 Å². The van der Waals surface area contributed by atoms with E-state index >= 15 is 0 Å². The lowest BCUT2D eigenvalue weighted by Gasteiger charge is -2.31. The Morgan fingerprint density at radius 2 is 2.04 bits per heavy atom. The van der Waals surface area contributed by atoms with E-state index in [4.69, 9.17) is 16.3 Å². The number of hydrogen-bond acceptors (Lipinski definition) is 2. The SMILES string of the molecule is Cc1cc(Cl)ccc1OC(C)C(=O)N1CCCc2ccccc21. The third-order valence-corrected chi connectivity index (χ3v) is 4.40. The Labute approximate surface area is 141 Å². The molecular formula is C19H20ClNO2. The molecular weight excluding hydrogens is 310 g/mol. The number of halogens is 1. The smallest absolute Gasteiger partial charge is 0.267 e. The average Bonchev–Trinajstić information content (AvgIpc) is 2.56. The van der Waals surface area contributed by atoms with E-state index in [0.29, 0.717) is 10.8 Å². The van der Waals surface area contributed by atoms with Gasteiger partial charge in [0.2, 0.25) is 0 Å². The molecule has 1 heterocycles. The van der Waals surface area contributed by atoms with Crippen LogP contribution in [-0.4, -0.2) is 18.6 Å². The molecule has 2 aromatic carbocycles. The number of carbonyl (C=O) groups is 1. The lowest BCUT2D eigenvalue weighted by atomic mass is 10.0. The van der Waals surface area contributed by atoms with Crippen molar-refractivity contribution >= 4 is 23.2 Å². The predicted molar refractivity (Wildman–Crippen MR) is 93.4 cm³/mol. The Balaban J connectivity index is 1.78. The number of ether oxygens (including phenoxy) is 1. The molecule has 0 bridgehead atoms. The lowest BCUT2D eigenvalue weighted by molar-refractivity contribution is -0.124. The summed E-state index contributed by atoms with van der Waals surface area (Å²) in [5.74, 6) is 0.687. The van der Waals surface area contributed by atoms with E-state index in [1.807, 2.05) is 42.2 Å². The van der Waals surface area contributed by atoms with Crippen LogP contribution in [0.15, 0.2) is 42.5 Å². The van der Waals surface area contributed by atoms with Crippen LogP contribution in [0.1, 0.15) is 24.5 Å². The number of hydrogen-bond donors (Lipinski definition) is 0. The topological polar surface area (TPSA) is 29.5 Å². The molecule has 3 rings (SSSR count). The summed E-state index contributed by atoms with van der Waals surface area (Å²) >= 11 is 5.96. The zero-order chi connectivity index (χ0) is 16.4. The monoisotopic (exact) mass is 329 g/mol. The summed E-state index contributed by atoms with van der Waals surface area (Å²) in [6.07, 6.45) is 1.46. The van der Waals surface area contributed by atoms with Crippen molar-refractivity contribution in [2.24, 2.45) is 0 Å². The zero-order valence-electron chi connectivity index (χ0n) is 13.4. The third kappa shape index (κ3) is 3.35. The summed E-state index contributed by atoms with van der Waals surface area (Å²) in [6.45, 7) is 4.46. The molecule has 3 nitrogen and oxygen atoms in total.